The van der Waals surface area contributed by atoms with Crippen molar-refractivity contribution in [2.75, 3.05) is 37.6 Å². The van der Waals surface area contributed by atoms with Crippen LogP contribution in [-0.2, 0) is 0 Å². The van der Waals surface area contributed by atoms with Gasteiger partial charge >= 0.3 is 0 Å². The number of aromatic nitrogens is 1. The second kappa shape index (κ2) is 7.41. The fourth-order valence-corrected chi connectivity index (χ4v) is 2.90. The maximum Gasteiger partial charge on any atom is 0.272 e. The molecule has 2 N–H and O–H groups in total. The van der Waals surface area contributed by atoms with E-state index >= 15 is 0 Å². The molecule has 5 nitrogen and oxygen atoms in total. The summed E-state index contributed by atoms with van der Waals surface area (Å²) in [4.78, 5) is 20.8. The van der Waals surface area contributed by atoms with Gasteiger partial charge < -0.3 is 15.5 Å². The third-order valence-corrected chi connectivity index (χ3v) is 4.23. The fourth-order valence-electron chi connectivity index (χ4n) is 2.90. The highest BCUT2D eigenvalue weighted by Gasteiger charge is 2.21. The van der Waals surface area contributed by atoms with Crippen molar-refractivity contribution in [1.82, 2.24) is 9.88 Å². The molecule has 116 valence electrons. The quantitative estimate of drug-likeness (QED) is 0.897. The van der Waals surface area contributed by atoms with Crippen LogP contribution in [0.1, 0.15) is 37.2 Å². The van der Waals surface area contributed by atoms with E-state index in [2.05, 4.69) is 9.88 Å². The number of anilines is 1. The summed E-state index contributed by atoms with van der Waals surface area (Å²) in [5.74, 6) is 0.558. The van der Waals surface area contributed by atoms with E-state index in [1.54, 1.807) is 11.1 Å². The van der Waals surface area contributed by atoms with Crippen molar-refractivity contribution < 1.29 is 4.79 Å². The molecule has 0 radical (unpaired) electrons. The van der Waals surface area contributed by atoms with Gasteiger partial charge in [-0.1, -0.05) is 0 Å². The van der Waals surface area contributed by atoms with Crippen LogP contribution in [0.5, 0.6) is 0 Å². The lowest BCUT2D eigenvalue weighted by Gasteiger charge is -2.34. The first-order valence-corrected chi connectivity index (χ1v) is 7.89. The van der Waals surface area contributed by atoms with Gasteiger partial charge in [0.05, 0.1) is 0 Å². The van der Waals surface area contributed by atoms with Crippen LogP contribution in [-0.4, -0.2) is 48.5 Å². The average Bonchev–Trinajstić information content (AvgIpc) is 2.56. The van der Waals surface area contributed by atoms with E-state index in [4.69, 9.17) is 5.73 Å². The molecule has 1 atom stereocenters. The SMILES string of the molecule is CCN(CC)C(=O)c1cc(N2CCCC(CN)C2)ccn1. The second-order valence-corrected chi connectivity index (χ2v) is 5.57. The zero-order valence-electron chi connectivity index (χ0n) is 13.1. The number of amides is 1. The van der Waals surface area contributed by atoms with E-state index in [1.807, 2.05) is 26.0 Å². The number of piperidine rings is 1. The molecular formula is C16H26N4O. The first kappa shape index (κ1) is 15.8. The molecule has 0 bridgehead atoms. The maximum absolute atomic E-state index is 12.4. The highest BCUT2D eigenvalue weighted by molar-refractivity contribution is 5.93. The zero-order valence-corrected chi connectivity index (χ0v) is 13.1. The molecule has 5 heteroatoms. The Balaban J connectivity index is 2.15. The van der Waals surface area contributed by atoms with Gasteiger partial charge in [-0.15, -0.1) is 0 Å². The first-order valence-electron chi connectivity index (χ1n) is 7.89. The molecule has 1 saturated heterocycles. The van der Waals surface area contributed by atoms with Crippen LogP contribution >= 0.6 is 0 Å². The summed E-state index contributed by atoms with van der Waals surface area (Å²) in [5, 5.41) is 0. The van der Waals surface area contributed by atoms with E-state index < -0.39 is 0 Å². The molecule has 0 saturated carbocycles. The molecule has 1 aromatic heterocycles. The summed E-state index contributed by atoms with van der Waals surface area (Å²) >= 11 is 0. The Labute approximate surface area is 127 Å². The number of pyridine rings is 1. The Morgan fingerprint density at radius 1 is 1.48 bits per heavy atom. The van der Waals surface area contributed by atoms with Crippen molar-refractivity contribution >= 4 is 11.6 Å². The van der Waals surface area contributed by atoms with Crippen LogP contribution in [0.4, 0.5) is 5.69 Å². The summed E-state index contributed by atoms with van der Waals surface area (Å²) in [5.41, 5.74) is 7.41. The van der Waals surface area contributed by atoms with Gasteiger partial charge in [0.25, 0.3) is 5.91 Å². The monoisotopic (exact) mass is 290 g/mol. The minimum atomic E-state index is 0.00855. The molecule has 1 amide bonds. The Morgan fingerprint density at radius 2 is 2.24 bits per heavy atom. The number of nitrogens with two attached hydrogens (primary N) is 1. The highest BCUT2D eigenvalue weighted by atomic mass is 16.2. The Hall–Kier alpha value is -1.62. The lowest BCUT2D eigenvalue weighted by Crippen LogP contribution is -2.38. The number of carbonyl (C=O) groups is 1. The number of nitrogens with zero attached hydrogens (tertiary/aromatic N) is 3. The molecule has 1 aliphatic rings. The summed E-state index contributed by atoms with van der Waals surface area (Å²) in [6, 6.07) is 3.90. The lowest BCUT2D eigenvalue weighted by molar-refractivity contribution is 0.0767. The Morgan fingerprint density at radius 3 is 2.90 bits per heavy atom. The molecule has 1 unspecified atom stereocenters. The summed E-state index contributed by atoms with van der Waals surface area (Å²) in [6.45, 7) is 8.12. The average molecular weight is 290 g/mol. The zero-order chi connectivity index (χ0) is 15.2. The predicted molar refractivity (Wildman–Crippen MR) is 85.5 cm³/mol. The molecule has 1 aromatic rings. The maximum atomic E-state index is 12.4. The van der Waals surface area contributed by atoms with E-state index in [-0.39, 0.29) is 5.91 Å². The lowest BCUT2D eigenvalue weighted by atomic mass is 9.98. The van der Waals surface area contributed by atoms with Crippen LogP contribution in [0.2, 0.25) is 0 Å². The molecule has 2 rings (SSSR count). The van der Waals surface area contributed by atoms with Crippen molar-refractivity contribution in [3.63, 3.8) is 0 Å². The number of rotatable bonds is 5. The van der Waals surface area contributed by atoms with Crippen LogP contribution in [0.25, 0.3) is 0 Å². The van der Waals surface area contributed by atoms with Crippen molar-refractivity contribution in [1.29, 1.82) is 0 Å². The summed E-state index contributed by atoms with van der Waals surface area (Å²) < 4.78 is 0. The number of carbonyl (C=O) groups excluding carboxylic acids is 1. The van der Waals surface area contributed by atoms with E-state index in [1.165, 1.54) is 6.42 Å². The molecule has 0 aromatic carbocycles. The van der Waals surface area contributed by atoms with Crippen LogP contribution in [0.3, 0.4) is 0 Å². The first-order chi connectivity index (χ1) is 10.2. The number of hydrogen-bond donors (Lipinski definition) is 1. The van der Waals surface area contributed by atoms with Gasteiger partial charge in [-0.2, -0.15) is 0 Å². The molecular weight excluding hydrogens is 264 g/mol. The molecule has 1 aliphatic heterocycles. The summed E-state index contributed by atoms with van der Waals surface area (Å²) in [6.07, 6.45) is 4.09. The van der Waals surface area contributed by atoms with Crippen LogP contribution in [0, 0.1) is 5.92 Å². The topological polar surface area (TPSA) is 62.5 Å². The third-order valence-electron chi connectivity index (χ3n) is 4.23. The van der Waals surface area contributed by atoms with Crippen molar-refractivity contribution in [2.45, 2.75) is 26.7 Å². The van der Waals surface area contributed by atoms with E-state index in [0.717, 1.165) is 31.7 Å². The predicted octanol–water partition coefficient (Wildman–Crippen LogP) is 1.74. The Kier molecular flexibility index (Phi) is 5.56. The minimum Gasteiger partial charge on any atom is -0.371 e. The van der Waals surface area contributed by atoms with Crippen LogP contribution in [0.15, 0.2) is 18.3 Å². The van der Waals surface area contributed by atoms with Gasteiger partial charge in [0.15, 0.2) is 0 Å². The standard InChI is InChI=1S/C16H26N4O/c1-3-19(4-2)16(21)15-10-14(7-8-18-15)20-9-5-6-13(11-17)12-20/h7-8,10,13H,3-6,9,11-12,17H2,1-2H3. The van der Waals surface area contributed by atoms with Gasteiger partial charge in [-0.05, 0) is 51.3 Å². The molecule has 0 spiro atoms. The van der Waals surface area contributed by atoms with Gasteiger partial charge in [0.2, 0.25) is 0 Å². The fraction of sp³-hybridized carbons (Fsp3) is 0.625. The highest BCUT2D eigenvalue weighted by Crippen LogP contribution is 2.23. The molecule has 21 heavy (non-hydrogen) atoms. The number of hydrogen-bond acceptors (Lipinski definition) is 4. The largest absolute Gasteiger partial charge is 0.371 e. The molecule has 0 aliphatic carbocycles. The Bertz CT molecular complexity index is 473. The smallest absolute Gasteiger partial charge is 0.272 e. The second-order valence-electron chi connectivity index (χ2n) is 5.57. The van der Waals surface area contributed by atoms with E-state index in [0.29, 0.717) is 24.7 Å². The van der Waals surface area contributed by atoms with Crippen molar-refractivity contribution in [2.24, 2.45) is 11.7 Å². The van der Waals surface area contributed by atoms with Gasteiger partial charge in [-0.3, -0.25) is 9.78 Å². The van der Waals surface area contributed by atoms with E-state index in [9.17, 15) is 4.79 Å². The van der Waals surface area contributed by atoms with Gasteiger partial charge in [0, 0.05) is 38.1 Å². The third kappa shape index (κ3) is 3.73. The van der Waals surface area contributed by atoms with Gasteiger partial charge in [-0.25, -0.2) is 0 Å². The van der Waals surface area contributed by atoms with Crippen LogP contribution < -0.4 is 10.6 Å². The minimum absolute atomic E-state index is 0.00855. The van der Waals surface area contributed by atoms with Crippen molar-refractivity contribution in [3.05, 3.63) is 24.0 Å². The molecule has 2 heterocycles. The molecule has 1 fully saturated rings. The van der Waals surface area contributed by atoms with Gasteiger partial charge in [0.1, 0.15) is 5.69 Å². The normalized spacial score (nSPS) is 18.6. The summed E-state index contributed by atoms with van der Waals surface area (Å²) in [7, 11) is 0. The van der Waals surface area contributed by atoms with Crippen molar-refractivity contribution in [3.8, 4) is 0 Å².